The lowest BCUT2D eigenvalue weighted by Crippen LogP contribution is -2.19. The van der Waals surface area contributed by atoms with Gasteiger partial charge in [0.2, 0.25) is 0 Å². The molecule has 0 aromatic heterocycles. The van der Waals surface area contributed by atoms with Crippen LogP contribution in [0, 0.1) is 11.8 Å². The van der Waals surface area contributed by atoms with Crippen LogP contribution < -0.4 is 0 Å². The Morgan fingerprint density at radius 3 is 0.955 bits per heavy atom. The lowest BCUT2D eigenvalue weighted by atomic mass is 9.94. The average molecular weight is 949 g/mol. The fourth-order valence-electron chi connectivity index (χ4n) is 9.59. The summed E-state index contributed by atoms with van der Waals surface area (Å²) >= 11 is 0. The molecule has 0 aromatic carbocycles. The first-order chi connectivity index (χ1) is 32.8. The third kappa shape index (κ3) is 46.5. The van der Waals surface area contributed by atoms with Gasteiger partial charge in [-0.25, -0.2) is 0 Å². The van der Waals surface area contributed by atoms with Gasteiger partial charge in [0, 0.05) is 6.42 Å². The molecule has 3 unspecified atom stereocenters. The third-order valence-corrected chi connectivity index (χ3v) is 14.2. The molecule has 0 fully saturated rings. The quantitative estimate of drug-likeness (QED) is 0.0341. The van der Waals surface area contributed by atoms with Gasteiger partial charge in [-0.15, -0.1) is 0 Å². The molecular weight excluding hydrogens is 831 g/mol. The number of carbonyl (C=O) groups is 3. The van der Waals surface area contributed by atoms with Gasteiger partial charge in [0.25, 0.3) is 0 Å². The summed E-state index contributed by atoms with van der Waals surface area (Å²) in [4.78, 5) is 41.1. The van der Waals surface area contributed by atoms with Crippen molar-refractivity contribution in [3.63, 3.8) is 0 Å². The van der Waals surface area contributed by atoms with Gasteiger partial charge in [-0.1, -0.05) is 233 Å². The Morgan fingerprint density at radius 1 is 0.343 bits per heavy atom. The van der Waals surface area contributed by atoms with Crippen LogP contribution in [0.1, 0.15) is 317 Å². The maximum atomic E-state index is 13.1. The van der Waals surface area contributed by atoms with E-state index in [2.05, 4.69) is 46.7 Å². The summed E-state index contributed by atoms with van der Waals surface area (Å²) in [5.74, 6) is 0.275. The molecule has 7 nitrogen and oxygen atoms in total. The van der Waals surface area contributed by atoms with Gasteiger partial charge >= 0.3 is 17.9 Å². The Labute approximate surface area is 418 Å². The Morgan fingerprint density at radius 2 is 0.627 bits per heavy atom. The third-order valence-electron chi connectivity index (χ3n) is 14.2. The Balaban J connectivity index is 4.47. The maximum absolute atomic E-state index is 13.1. The molecule has 7 heteroatoms. The first-order valence-electron chi connectivity index (χ1n) is 30.0. The summed E-state index contributed by atoms with van der Waals surface area (Å²) < 4.78 is 17.8. The molecule has 67 heavy (non-hydrogen) atoms. The molecule has 0 aliphatic heterocycles. The van der Waals surface area contributed by atoms with Crippen LogP contribution in [0.4, 0.5) is 0 Å². The van der Waals surface area contributed by atoms with Gasteiger partial charge in [-0.3, -0.25) is 14.4 Å². The van der Waals surface area contributed by atoms with Crippen molar-refractivity contribution in [3.05, 3.63) is 0 Å². The number of esters is 3. The first-order valence-corrected chi connectivity index (χ1v) is 30.0. The molecular formula is C60H117NO6. The van der Waals surface area contributed by atoms with Crippen molar-refractivity contribution in [2.45, 2.75) is 323 Å². The predicted octanol–water partition coefficient (Wildman–Crippen LogP) is 18.4. The standard InChI is InChI=1S/C60H117NO6/c1-7-11-15-19-23-30-38-48-55(45-35-18-14-10-4)59(63)65-53-43-33-26-21-24-31-39-49-57(67-58(62)51-41-42-52-61(5)6)50-40-32-25-22-27-34-44-54-66-60(64)56(46-36-28-17-13-9-3)47-37-29-20-16-12-8-2/h55-57H,7-54H2,1-6H3. The first kappa shape index (κ1) is 65.4. The topological polar surface area (TPSA) is 82.1 Å². The van der Waals surface area contributed by atoms with Gasteiger partial charge in [0.1, 0.15) is 6.10 Å². The molecule has 398 valence electrons. The van der Waals surface area contributed by atoms with Crippen LogP contribution in [0.5, 0.6) is 0 Å². The molecule has 0 saturated heterocycles. The van der Waals surface area contributed by atoms with Crippen LogP contribution in [-0.4, -0.2) is 62.8 Å². The van der Waals surface area contributed by atoms with E-state index < -0.39 is 0 Å². The van der Waals surface area contributed by atoms with Crippen molar-refractivity contribution in [1.29, 1.82) is 0 Å². The minimum Gasteiger partial charge on any atom is -0.465 e. The van der Waals surface area contributed by atoms with Crippen molar-refractivity contribution < 1.29 is 28.6 Å². The smallest absolute Gasteiger partial charge is 0.308 e. The largest absolute Gasteiger partial charge is 0.465 e. The zero-order valence-electron chi connectivity index (χ0n) is 46.1. The van der Waals surface area contributed by atoms with E-state index in [1.165, 1.54) is 167 Å². The Hall–Kier alpha value is -1.63. The molecule has 0 radical (unpaired) electrons. The lowest BCUT2D eigenvalue weighted by Gasteiger charge is -2.18. The van der Waals surface area contributed by atoms with E-state index in [4.69, 9.17) is 14.2 Å². The molecule has 0 heterocycles. The lowest BCUT2D eigenvalue weighted by molar-refractivity contribution is -0.150. The summed E-state index contributed by atoms with van der Waals surface area (Å²) in [6.45, 7) is 11.2. The van der Waals surface area contributed by atoms with Crippen molar-refractivity contribution in [3.8, 4) is 0 Å². The number of hydrogen-bond donors (Lipinski definition) is 0. The van der Waals surface area contributed by atoms with Gasteiger partial charge in [-0.05, 0) is 97.7 Å². The van der Waals surface area contributed by atoms with Crippen molar-refractivity contribution in [2.75, 3.05) is 33.9 Å². The summed E-state index contributed by atoms with van der Waals surface area (Å²) in [6.07, 6.45) is 52.0. The summed E-state index contributed by atoms with van der Waals surface area (Å²) in [7, 11) is 4.16. The van der Waals surface area contributed by atoms with Crippen LogP contribution in [0.15, 0.2) is 0 Å². The van der Waals surface area contributed by atoms with E-state index in [0.717, 1.165) is 122 Å². The molecule has 0 amide bonds. The highest BCUT2D eigenvalue weighted by Gasteiger charge is 2.21. The number of ether oxygens (including phenoxy) is 3. The van der Waals surface area contributed by atoms with Crippen LogP contribution in [-0.2, 0) is 28.6 Å². The predicted molar refractivity (Wildman–Crippen MR) is 288 cm³/mol. The van der Waals surface area contributed by atoms with Crippen molar-refractivity contribution in [1.82, 2.24) is 4.90 Å². The molecule has 0 aliphatic rings. The number of rotatable bonds is 54. The molecule has 0 aliphatic carbocycles. The second kappa shape index (κ2) is 52.2. The average Bonchev–Trinajstić information content (AvgIpc) is 3.31. The van der Waals surface area contributed by atoms with Crippen molar-refractivity contribution >= 4 is 17.9 Å². The zero-order chi connectivity index (χ0) is 49.1. The van der Waals surface area contributed by atoms with Crippen LogP contribution in [0.3, 0.4) is 0 Å². The Bertz CT molecular complexity index is 1050. The molecule has 0 rings (SSSR count). The molecule has 0 bridgehead atoms. The SMILES string of the molecule is CCCCCCCCCC(CCCCCC)C(=O)OCCCCCCCCCC(CCCCCCCCCOC(=O)C(CCCCCCC)CCCCCCCC)OC(=O)CCCCN(C)C. The number of hydrogen-bond acceptors (Lipinski definition) is 7. The molecule has 0 saturated carbocycles. The highest BCUT2D eigenvalue weighted by Crippen LogP contribution is 2.24. The summed E-state index contributed by atoms with van der Waals surface area (Å²) in [5, 5.41) is 0. The monoisotopic (exact) mass is 948 g/mol. The summed E-state index contributed by atoms with van der Waals surface area (Å²) in [5.41, 5.74) is 0. The second-order valence-corrected chi connectivity index (χ2v) is 21.1. The number of carbonyl (C=O) groups excluding carboxylic acids is 3. The minimum absolute atomic E-state index is 0.0218. The fraction of sp³-hybridized carbons (Fsp3) is 0.950. The van der Waals surface area contributed by atoms with E-state index >= 15 is 0 Å². The van der Waals surface area contributed by atoms with Gasteiger partial charge in [-0.2, -0.15) is 0 Å². The normalized spacial score (nSPS) is 12.9. The zero-order valence-corrected chi connectivity index (χ0v) is 46.1. The molecule has 3 atom stereocenters. The highest BCUT2D eigenvalue weighted by molar-refractivity contribution is 5.72. The van der Waals surface area contributed by atoms with Crippen LogP contribution >= 0.6 is 0 Å². The highest BCUT2D eigenvalue weighted by atomic mass is 16.5. The Kier molecular flexibility index (Phi) is 50.9. The summed E-state index contributed by atoms with van der Waals surface area (Å²) in [6, 6.07) is 0. The molecule has 0 aromatic rings. The van der Waals surface area contributed by atoms with E-state index in [1.807, 2.05) is 0 Å². The van der Waals surface area contributed by atoms with E-state index in [-0.39, 0.29) is 35.8 Å². The van der Waals surface area contributed by atoms with Crippen LogP contribution in [0.25, 0.3) is 0 Å². The number of nitrogens with zero attached hydrogens (tertiary/aromatic N) is 1. The van der Waals surface area contributed by atoms with Gasteiger partial charge in [0.15, 0.2) is 0 Å². The van der Waals surface area contributed by atoms with E-state index in [1.54, 1.807) is 0 Å². The maximum Gasteiger partial charge on any atom is 0.308 e. The second-order valence-electron chi connectivity index (χ2n) is 21.1. The van der Waals surface area contributed by atoms with Crippen molar-refractivity contribution in [2.24, 2.45) is 11.8 Å². The number of unbranched alkanes of at least 4 members (excludes halogenated alkanes) is 31. The molecule has 0 spiro atoms. The fourth-order valence-corrected chi connectivity index (χ4v) is 9.59. The minimum atomic E-state index is -0.0218. The van der Waals surface area contributed by atoms with Gasteiger partial charge < -0.3 is 19.1 Å². The van der Waals surface area contributed by atoms with E-state index in [0.29, 0.717) is 19.6 Å². The van der Waals surface area contributed by atoms with E-state index in [9.17, 15) is 14.4 Å². The van der Waals surface area contributed by atoms with Crippen LogP contribution in [0.2, 0.25) is 0 Å². The van der Waals surface area contributed by atoms with Gasteiger partial charge in [0.05, 0.1) is 25.0 Å². The molecule has 0 N–H and O–H groups in total.